The second kappa shape index (κ2) is 16.3. The molecule has 3 aromatic rings. The summed E-state index contributed by atoms with van der Waals surface area (Å²) in [4.78, 5) is 17.6. The molecule has 254 valence electrons. The second-order valence-electron chi connectivity index (χ2n) is 12.6. The normalized spacial score (nSPS) is 21.3. The molecule has 0 aliphatic carbocycles. The van der Waals surface area contributed by atoms with Gasteiger partial charge in [-0.3, -0.25) is 9.58 Å². The van der Waals surface area contributed by atoms with Crippen LogP contribution in [0.5, 0.6) is 5.75 Å². The molecule has 1 fully saturated rings. The van der Waals surface area contributed by atoms with E-state index in [1.807, 2.05) is 41.3 Å². The van der Waals surface area contributed by atoms with Crippen LogP contribution < -0.4 is 4.74 Å². The number of nitrogens with zero attached hydrogens (tertiary/aromatic N) is 4. The number of ether oxygens (including phenoxy) is 3. The van der Waals surface area contributed by atoms with E-state index in [4.69, 9.17) is 19.3 Å². The van der Waals surface area contributed by atoms with Crippen LogP contribution in [-0.2, 0) is 33.8 Å². The molecule has 1 N–H and O–H groups in total. The fraction of sp³-hybridized carbons (Fsp3) is 0.436. The lowest BCUT2D eigenvalue weighted by Gasteiger charge is -2.29. The van der Waals surface area contributed by atoms with E-state index in [9.17, 15) is 9.90 Å². The Labute approximate surface area is 283 Å². The largest absolute Gasteiger partial charge is 0.493 e. The van der Waals surface area contributed by atoms with Crippen molar-refractivity contribution in [1.82, 2.24) is 19.6 Å². The second-order valence-corrected chi connectivity index (χ2v) is 12.6. The molecule has 6 rings (SSSR count). The fourth-order valence-electron chi connectivity index (χ4n) is 6.95. The Morgan fingerprint density at radius 1 is 1.02 bits per heavy atom. The lowest BCUT2D eigenvalue weighted by molar-refractivity contribution is -0.134. The number of aliphatic carboxylic acids is 1. The average molecular weight is 653 g/mol. The molecule has 9 heteroatoms. The Morgan fingerprint density at radius 3 is 2.69 bits per heavy atom. The van der Waals surface area contributed by atoms with Gasteiger partial charge in [-0.05, 0) is 60.3 Å². The van der Waals surface area contributed by atoms with E-state index in [1.54, 1.807) is 0 Å². The van der Waals surface area contributed by atoms with Gasteiger partial charge in [0.05, 0.1) is 44.4 Å². The highest BCUT2D eigenvalue weighted by Gasteiger charge is 2.28. The minimum atomic E-state index is -0.931. The van der Waals surface area contributed by atoms with Crippen molar-refractivity contribution in [3.63, 3.8) is 0 Å². The van der Waals surface area contributed by atoms with Gasteiger partial charge in [0.15, 0.2) is 0 Å². The van der Waals surface area contributed by atoms with E-state index in [1.165, 1.54) is 0 Å². The van der Waals surface area contributed by atoms with Crippen molar-refractivity contribution in [3.8, 4) is 5.75 Å². The van der Waals surface area contributed by atoms with Crippen molar-refractivity contribution in [2.45, 2.75) is 52.2 Å². The van der Waals surface area contributed by atoms with Gasteiger partial charge in [-0.1, -0.05) is 68.1 Å². The van der Waals surface area contributed by atoms with Gasteiger partial charge in [0, 0.05) is 50.3 Å². The molecular weight excluding hydrogens is 604 g/mol. The lowest BCUT2D eigenvalue weighted by Crippen LogP contribution is -2.38. The highest BCUT2D eigenvalue weighted by molar-refractivity contribution is 5.89. The molecule has 0 spiro atoms. The van der Waals surface area contributed by atoms with Gasteiger partial charge in [-0.25, -0.2) is 4.79 Å². The zero-order valence-electron chi connectivity index (χ0n) is 28.2. The maximum Gasteiger partial charge on any atom is 0.352 e. The van der Waals surface area contributed by atoms with Gasteiger partial charge in [0.25, 0.3) is 0 Å². The van der Waals surface area contributed by atoms with Crippen molar-refractivity contribution in [3.05, 3.63) is 101 Å². The highest BCUT2D eigenvalue weighted by atomic mass is 16.5. The molecule has 2 bridgehead atoms. The molecule has 2 aromatic carbocycles. The van der Waals surface area contributed by atoms with Gasteiger partial charge >= 0.3 is 5.97 Å². The number of allylic oxidation sites excluding steroid dienone is 5. The molecule has 48 heavy (non-hydrogen) atoms. The summed E-state index contributed by atoms with van der Waals surface area (Å²) >= 11 is 0. The zero-order chi connectivity index (χ0) is 33.3. The summed E-state index contributed by atoms with van der Waals surface area (Å²) in [5.41, 5.74) is 5.99. The van der Waals surface area contributed by atoms with E-state index in [-0.39, 0.29) is 0 Å². The molecule has 1 aromatic heterocycles. The Hall–Kier alpha value is -4.18. The third-order valence-electron chi connectivity index (χ3n) is 9.45. The quantitative estimate of drug-likeness (QED) is 0.257. The fourth-order valence-corrected chi connectivity index (χ4v) is 6.95. The van der Waals surface area contributed by atoms with Crippen LogP contribution in [0.25, 0.3) is 16.3 Å². The van der Waals surface area contributed by atoms with Crippen LogP contribution in [0.2, 0.25) is 0 Å². The van der Waals surface area contributed by atoms with Gasteiger partial charge in [0.1, 0.15) is 11.4 Å². The van der Waals surface area contributed by atoms with Gasteiger partial charge in [0.2, 0.25) is 0 Å². The number of aryl methyl sites for hydroxylation is 1. The third-order valence-corrected chi connectivity index (χ3v) is 9.45. The van der Waals surface area contributed by atoms with Crippen molar-refractivity contribution < 1.29 is 24.1 Å². The summed E-state index contributed by atoms with van der Waals surface area (Å²) in [6, 6.07) is 14.2. The summed E-state index contributed by atoms with van der Waals surface area (Å²) < 4.78 is 20.2. The van der Waals surface area contributed by atoms with Crippen LogP contribution in [0.4, 0.5) is 0 Å². The minimum absolute atomic E-state index is 0.321. The standard InChI is InChI=1S/C39H48N4O5/c1-3-34-37-31-14-8-11-29(2)32(16-10-24-48-36-17-9-13-30-12-4-5-15-33(30)36)38(39(44)45)42(27-31)18-6-7-23-47-28-35(37)43(40-34)20-19-41-21-25-46-26-22-41/h4-5,8-9,11-15,17H,2-3,6-7,10,16,18-28H2,1H3,(H,44,45)/b11-8-,31-14+,38-32-. The molecular formula is C39H48N4O5. The first kappa shape index (κ1) is 33.7. The summed E-state index contributed by atoms with van der Waals surface area (Å²) in [6.45, 7) is 14.2. The monoisotopic (exact) mass is 652 g/mol. The number of carboxylic acid groups (broad SMARTS) is 1. The van der Waals surface area contributed by atoms with E-state index < -0.39 is 5.97 Å². The molecule has 3 aliphatic heterocycles. The van der Waals surface area contributed by atoms with Crippen LogP contribution in [0.15, 0.2) is 84.1 Å². The number of benzene rings is 2. The Kier molecular flexibility index (Phi) is 11.4. The van der Waals surface area contributed by atoms with E-state index in [0.29, 0.717) is 57.0 Å². The van der Waals surface area contributed by atoms with Crippen molar-refractivity contribution in [2.75, 3.05) is 59.2 Å². The first-order valence-corrected chi connectivity index (χ1v) is 17.4. The molecule has 0 saturated carbocycles. The topological polar surface area (TPSA) is 89.3 Å². The zero-order valence-corrected chi connectivity index (χ0v) is 28.2. The molecule has 3 aliphatic rings. The SMILES string of the molecule is C=C1/C=C\C=C2/CN(CCCCOCc3c2c(CC)nn3CCN2CCOCC2)/C(C(=O)O)=C\1CCCOc1cccc2ccccc12. The van der Waals surface area contributed by atoms with Gasteiger partial charge < -0.3 is 24.2 Å². The van der Waals surface area contributed by atoms with Crippen molar-refractivity contribution >= 4 is 22.3 Å². The lowest BCUT2D eigenvalue weighted by atomic mass is 9.98. The predicted molar refractivity (Wildman–Crippen MR) is 189 cm³/mol. The summed E-state index contributed by atoms with van der Waals surface area (Å²) in [5, 5.41) is 18.1. The average Bonchev–Trinajstić information content (AvgIpc) is 3.46. The Bertz CT molecular complexity index is 1690. The van der Waals surface area contributed by atoms with E-state index in [0.717, 1.165) is 103 Å². The minimum Gasteiger partial charge on any atom is -0.493 e. The maximum absolute atomic E-state index is 13.1. The first-order valence-electron chi connectivity index (χ1n) is 17.4. The maximum atomic E-state index is 13.1. The van der Waals surface area contributed by atoms with Crippen LogP contribution >= 0.6 is 0 Å². The van der Waals surface area contributed by atoms with Crippen LogP contribution in [0.1, 0.15) is 49.6 Å². The molecule has 0 amide bonds. The van der Waals surface area contributed by atoms with Crippen molar-refractivity contribution in [2.24, 2.45) is 0 Å². The molecule has 0 unspecified atom stereocenters. The number of aromatic nitrogens is 2. The molecule has 0 radical (unpaired) electrons. The molecule has 4 heterocycles. The third kappa shape index (κ3) is 7.92. The number of hydrogen-bond donors (Lipinski definition) is 1. The number of morpholine rings is 1. The summed E-state index contributed by atoms with van der Waals surface area (Å²) in [7, 11) is 0. The molecule has 1 saturated heterocycles. The van der Waals surface area contributed by atoms with E-state index >= 15 is 0 Å². The van der Waals surface area contributed by atoms with Gasteiger partial charge in [-0.2, -0.15) is 5.10 Å². The number of carbonyl (C=O) groups is 1. The summed E-state index contributed by atoms with van der Waals surface area (Å²) in [5.74, 6) is -0.0935. The van der Waals surface area contributed by atoms with Gasteiger partial charge in [-0.15, -0.1) is 0 Å². The number of hydrogen-bond acceptors (Lipinski definition) is 7. The smallest absolute Gasteiger partial charge is 0.352 e. The Morgan fingerprint density at radius 2 is 1.85 bits per heavy atom. The van der Waals surface area contributed by atoms with Crippen LogP contribution in [0, 0.1) is 0 Å². The Balaban J connectivity index is 1.28. The van der Waals surface area contributed by atoms with E-state index in [2.05, 4.69) is 47.4 Å². The first-order chi connectivity index (χ1) is 23.5. The number of fused-ring (bicyclic) bond motifs is 5. The summed E-state index contributed by atoms with van der Waals surface area (Å²) in [6.07, 6.45) is 9.71. The van der Waals surface area contributed by atoms with Crippen LogP contribution in [-0.4, -0.2) is 89.8 Å². The van der Waals surface area contributed by atoms with Crippen LogP contribution in [0.3, 0.4) is 0 Å². The van der Waals surface area contributed by atoms with Crippen molar-refractivity contribution in [1.29, 1.82) is 0 Å². The molecule has 0 atom stereocenters. The number of carboxylic acids is 1. The number of rotatable bonds is 10. The predicted octanol–water partition coefficient (Wildman–Crippen LogP) is 6.25. The highest BCUT2D eigenvalue weighted by Crippen LogP contribution is 2.33. The molecule has 9 nitrogen and oxygen atoms in total.